The van der Waals surface area contributed by atoms with Crippen LogP contribution in [-0.2, 0) is 11.3 Å². The van der Waals surface area contributed by atoms with Crippen LogP contribution in [0.4, 0.5) is 0 Å². The highest BCUT2D eigenvalue weighted by Crippen LogP contribution is 2.24. The van der Waals surface area contributed by atoms with Gasteiger partial charge >= 0.3 is 0 Å². The molecular formula is C26H24N6O2S. The lowest BCUT2D eigenvalue weighted by Gasteiger charge is -2.19. The Morgan fingerprint density at radius 3 is 2.54 bits per heavy atom. The van der Waals surface area contributed by atoms with Gasteiger partial charge in [-0.05, 0) is 58.5 Å². The summed E-state index contributed by atoms with van der Waals surface area (Å²) >= 11 is 1.53. The van der Waals surface area contributed by atoms with Crippen LogP contribution in [0.25, 0.3) is 23.2 Å². The standard InChI is InChI=1S/C26H24N6O2S/c1-31(17-18-9-11-20(12-10-18)25(33)27-21-13-14-21)26(34)23(16-22-8-5-15-35-22)32-24(28-29-30-32)19-6-3-2-4-7-19/h2-12,15-16,21H,13-14,17H2,1H3,(H,27,33)/b23-16-. The highest BCUT2D eigenvalue weighted by Gasteiger charge is 2.24. The minimum Gasteiger partial charge on any atom is -0.349 e. The van der Waals surface area contributed by atoms with Crippen LogP contribution < -0.4 is 5.32 Å². The smallest absolute Gasteiger partial charge is 0.272 e. The number of nitrogens with zero attached hydrogens (tertiary/aromatic N) is 5. The maximum atomic E-state index is 13.6. The molecule has 0 radical (unpaired) electrons. The molecule has 4 aromatic rings. The highest BCUT2D eigenvalue weighted by atomic mass is 32.1. The van der Waals surface area contributed by atoms with E-state index in [9.17, 15) is 9.59 Å². The van der Waals surface area contributed by atoms with Gasteiger partial charge in [0.1, 0.15) is 5.70 Å². The second kappa shape index (κ2) is 10.0. The first-order valence-corrected chi connectivity index (χ1v) is 12.2. The van der Waals surface area contributed by atoms with Crippen molar-refractivity contribution in [3.63, 3.8) is 0 Å². The maximum absolute atomic E-state index is 13.6. The van der Waals surface area contributed by atoms with Crippen molar-refractivity contribution in [1.29, 1.82) is 0 Å². The van der Waals surface area contributed by atoms with Crippen molar-refractivity contribution in [3.05, 3.63) is 88.1 Å². The summed E-state index contributed by atoms with van der Waals surface area (Å²) < 4.78 is 1.49. The van der Waals surface area contributed by atoms with Crippen LogP contribution in [0, 0.1) is 0 Å². The van der Waals surface area contributed by atoms with Gasteiger partial charge < -0.3 is 10.2 Å². The van der Waals surface area contributed by atoms with Crippen molar-refractivity contribution < 1.29 is 9.59 Å². The van der Waals surface area contributed by atoms with Crippen LogP contribution in [0.15, 0.2) is 72.1 Å². The zero-order valence-electron chi connectivity index (χ0n) is 19.2. The Labute approximate surface area is 206 Å². The molecule has 8 nitrogen and oxygen atoms in total. The van der Waals surface area contributed by atoms with E-state index >= 15 is 0 Å². The number of hydrogen-bond donors (Lipinski definition) is 1. The van der Waals surface area contributed by atoms with E-state index in [2.05, 4.69) is 20.8 Å². The highest BCUT2D eigenvalue weighted by molar-refractivity contribution is 7.10. The number of hydrogen-bond acceptors (Lipinski definition) is 6. The normalized spacial score (nSPS) is 13.5. The average molecular weight is 485 g/mol. The third-order valence-corrected chi connectivity index (χ3v) is 6.49. The Morgan fingerprint density at radius 2 is 1.86 bits per heavy atom. The number of carbonyl (C=O) groups excluding carboxylic acids is 2. The Bertz CT molecular complexity index is 1340. The predicted molar refractivity (Wildman–Crippen MR) is 135 cm³/mol. The van der Waals surface area contributed by atoms with Crippen LogP contribution in [0.2, 0.25) is 0 Å². The summed E-state index contributed by atoms with van der Waals surface area (Å²) in [5.41, 5.74) is 2.69. The Hall–Kier alpha value is -4.11. The molecule has 0 spiro atoms. The topological polar surface area (TPSA) is 93.0 Å². The molecule has 1 aliphatic carbocycles. The van der Waals surface area contributed by atoms with E-state index in [1.54, 1.807) is 30.2 Å². The molecule has 9 heteroatoms. The van der Waals surface area contributed by atoms with Gasteiger partial charge in [0.15, 0.2) is 5.82 Å². The fourth-order valence-corrected chi connectivity index (χ4v) is 4.29. The van der Waals surface area contributed by atoms with Gasteiger partial charge in [0, 0.05) is 35.6 Å². The zero-order valence-corrected chi connectivity index (χ0v) is 20.0. The summed E-state index contributed by atoms with van der Waals surface area (Å²) in [5.74, 6) is 0.205. The lowest BCUT2D eigenvalue weighted by atomic mass is 10.1. The monoisotopic (exact) mass is 484 g/mol. The number of thiophene rings is 1. The summed E-state index contributed by atoms with van der Waals surface area (Å²) in [7, 11) is 1.74. The van der Waals surface area contributed by atoms with Crippen LogP contribution in [0.5, 0.6) is 0 Å². The van der Waals surface area contributed by atoms with Crippen LogP contribution in [0.3, 0.4) is 0 Å². The van der Waals surface area contributed by atoms with E-state index in [1.807, 2.05) is 60.0 Å². The summed E-state index contributed by atoms with van der Waals surface area (Å²) in [6.45, 7) is 0.369. The van der Waals surface area contributed by atoms with E-state index < -0.39 is 0 Å². The number of rotatable bonds is 8. The van der Waals surface area contributed by atoms with Gasteiger partial charge in [-0.2, -0.15) is 4.68 Å². The van der Waals surface area contributed by atoms with Crippen molar-refractivity contribution in [2.75, 3.05) is 7.05 Å². The molecule has 35 heavy (non-hydrogen) atoms. The zero-order chi connectivity index (χ0) is 24.2. The van der Waals surface area contributed by atoms with Crippen molar-refractivity contribution in [2.45, 2.75) is 25.4 Å². The van der Waals surface area contributed by atoms with E-state index in [-0.39, 0.29) is 11.8 Å². The van der Waals surface area contributed by atoms with Gasteiger partial charge in [-0.3, -0.25) is 9.59 Å². The number of aromatic nitrogens is 4. The Kier molecular flexibility index (Phi) is 6.49. The number of nitrogens with one attached hydrogen (secondary N) is 1. The molecule has 5 rings (SSSR count). The SMILES string of the molecule is CN(Cc1ccc(C(=O)NC2CC2)cc1)C(=O)/C(=C/c1cccs1)n1nnnc1-c1ccccc1. The molecule has 2 aromatic heterocycles. The van der Waals surface area contributed by atoms with E-state index in [4.69, 9.17) is 0 Å². The van der Waals surface area contributed by atoms with Gasteiger partial charge in [0.05, 0.1) is 0 Å². The summed E-state index contributed by atoms with van der Waals surface area (Å²) in [4.78, 5) is 28.4. The largest absolute Gasteiger partial charge is 0.349 e. The minimum atomic E-state index is -0.224. The summed E-state index contributed by atoms with van der Waals surface area (Å²) in [5, 5.41) is 17.1. The molecule has 0 atom stereocenters. The van der Waals surface area contributed by atoms with Gasteiger partial charge in [0.25, 0.3) is 11.8 Å². The average Bonchev–Trinajstić information content (AvgIpc) is 3.32. The molecule has 1 saturated carbocycles. The van der Waals surface area contributed by atoms with Crippen LogP contribution in [0.1, 0.15) is 33.6 Å². The Balaban J connectivity index is 1.39. The van der Waals surface area contributed by atoms with E-state index in [0.717, 1.165) is 28.8 Å². The Morgan fingerprint density at radius 1 is 1.09 bits per heavy atom. The minimum absolute atomic E-state index is 0.0585. The summed E-state index contributed by atoms with van der Waals surface area (Å²) in [6, 6.07) is 21.1. The molecule has 0 bridgehead atoms. The van der Waals surface area contributed by atoms with Gasteiger partial charge in [-0.25, -0.2) is 0 Å². The lowest BCUT2D eigenvalue weighted by molar-refractivity contribution is -0.124. The fourth-order valence-electron chi connectivity index (χ4n) is 3.64. The van der Waals surface area contributed by atoms with E-state index in [0.29, 0.717) is 29.7 Å². The molecular weight excluding hydrogens is 460 g/mol. The molecule has 1 fully saturated rings. The first-order chi connectivity index (χ1) is 17.1. The number of benzene rings is 2. The van der Waals surface area contributed by atoms with Crippen LogP contribution >= 0.6 is 11.3 Å². The quantitative estimate of drug-likeness (QED) is 0.382. The molecule has 176 valence electrons. The van der Waals surface area contributed by atoms with Crippen molar-refractivity contribution in [1.82, 2.24) is 30.4 Å². The van der Waals surface area contributed by atoms with Crippen LogP contribution in [-0.4, -0.2) is 50.0 Å². The first-order valence-electron chi connectivity index (χ1n) is 11.3. The molecule has 1 aliphatic rings. The number of likely N-dealkylation sites (N-methyl/N-ethyl adjacent to an activating group) is 1. The number of carbonyl (C=O) groups is 2. The lowest BCUT2D eigenvalue weighted by Crippen LogP contribution is -2.29. The molecule has 0 unspecified atom stereocenters. The molecule has 1 N–H and O–H groups in total. The van der Waals surface area contributed by atoms with Crippen molar-refractivity contribution in [3.8, 4) is 11.4 Å². The fraction of sp³-hybridized carbons (Fsp3) is 0.192. The van der Waals surface area contributed by atoms with Gasteiger partial charge in [0.2, 0.25) is 0 Å². The maximum Gasteiger partial charge on any atom is 0.272 e. The van der Waals surface area contributed by atoms with E-state index in [1.165, 1.54) is 16.0 Å². The first kappa shape index (κ1) is 22.7. The molecule has 2 aromatic carbocycles. The van der Waals surface area contributed by atoms with Crippen molar-refractivity contribution in [2.24, 2.45) is 0 Å². The molecule has 0 aliphatic heterocycles. The number of tetrazole rings is 1. The molecule has 0 saturated heterocycles. The second-order valence-corrected chi connectivity index (χ2v) is 9.41. The third-order valence-electron chi connectivity index (χ3n) is 5.67. The predicted octanol–water partition coefficient (Wildman–Crippen LogP) is 3.95. The van der Waals surface area contributed by atoms with Gasteiger partial charge in [-0.1, -0.05) is 48.5 Å². The second-order valence-electron chi connectivity index (χ2n) is 8.43. The van der Waals surface area contributed by atoms with Crippen molar-refractivity contribution >= 4 is 34.9 Å². The van der Waals surface area contributed by atoms with Gasteiger partial charge in [-0.15, -0.1) is 16.4 Å². The molecule has 2 amide bonds. The molecule has 2 heterocycles. The summed E-state index contributed by atoms with van der Waals surface area (Å²) in [6.07, 6.45) is 3.90. The third kappa shape index (κ3) is 5.36. The number of amides is 2.